The van der Waals surface area contributed by atoms with Gasteiger partial charge in [-0.15, -0.1) is 0 Å². The molecule has 10 heteroatoms. The Hall–Kier alpha value is -3.01. The minimum atomic E-state index is -4.61. The van der Waals surface area contributed by atoms with Gasteiger partial charge in [-0.25, -0.2) is 0 Å². The summed E-state index contributed by atoms with van der Waals surface area (Å²) in [6.07, 6.45) is -4.61. The summed E-state index contributed by atoms with van der Waals surface area (Å²) in [5.41, 5.74) is -0.206. The van der Waals surface area contributed by atoms with Crippen LogP contribution in [0.1, 0.15) is 11.1 Å². The maximum absolute atomic E-state index is 12.9. The first-order valence-corrected chi connectivity index (χ1v) is 9.14. The summed E-state index contributed by atoms with van der Waals surface area (Å²) >= 11 is 0. The Morgan fingerprint density at radius 1 is 1.07 bits per heavy atom. The van der Waals surface area contributed by atoms with Crippen LogP contribution >= 0.6 is 0 Å². The SMILES string of the molecule is O=[N+]([O-])c1cc(C(F)(F)F)ccc1N1CC[NH+](Cc2ccc3c(c2)OCO3)CC1. The van der Waals surface area contributed by atoms with E-state index >= 15 is 0 Å². The average Bonchev–Trinajstić information content (AvgIpc) is 3.15. The highest BCUT2D eigenvalue weighted by atomic mass is 19.4. The zero-order valence-electron chi connectivity index (χ0n) is 15.4. The fourth-order valence-corrected chi connectivity index (χ4v) is 3.69. The van der Waals surface area contributed by atoms with Crippen molar-refractivity contribution >= 4 is 11.4 Å². The zero-order valence-corrected chi connectivity index (χ0v) is 15.4. The predicted molar refractivity (Wildman–Crippen MR) is 97.3 cm³/mol. The highest BCUT2D eigenvalue weighted by molar-refractivity contribution is 5.64. The Bertz CT molecular complexity index is 927. The second-order valence-electron chi connectivity index (χ2n) is 7.06. The lowest BCUT2D eigenvalue weighted by atomic mass is 10.1. The minimum Gasteiger partial charge on any atom is -0.454 e. The van der Waals surface area contributed by atoms with Gasteiger partial charge >= 0.3 is 6.18 Å². The fourth-order valence-electron chi connectivity index (χ4n) is 3.69. The Balaban J connectivity index is 1.43. The van der Waals surface area contributed by atoms with Gasteiger partial charge in [0.1, 0.15) is 12.2 Å². The molecule has 0 aromatic heterocycles. The van der Waals surface area contributed by atoms with Crippen LogP contribution in [0.4, 0.5) is 24.5 Å². The summed E-state index contributed by atoms with van der Waals surface area (Å²) in [6, 6.07) is 8.51. The van der Waals surface area contributed by atoms with E-state index in [0.29, 0.717) is 32.2 Å². The van der Waals surface area contributed by atoms with Crippen LogP contribution in [0.3, 0.4) is 0 Å². The molecule has 2 heterocycles. The molecule has 0 amide bonds. The van der Waals surface area contributed by atoms with Crippen LogP contribution in [-0.2, 0) is 12.7 Å². The molecular weight excluding hydrogens is 391 g/mol. The molecule has 154 valence electrons. The molecule has 2 aliphatic rings. The molecule has 0 atom stereocenters. The van der Waals surface area contributed by atoms with Crippen LogP contribution in [0.2, 0.25) is 0 Å². The van der Waals surface area contributed by atoms with Crippen LogP contribution in [0.5, 0.6) is 11.5 Å². The van der Waals surface area contributed by atoms with E-state index in [0.717, 1.165) is 29.7 Å². The number of hydrogen-bond acceptors (Lipinski definition) is 5. The fraction of sp³-hybridized carbons (Fsp3) is 0.368. The Morgan fingerprint density at radius 2 is 1.79 bits per heavy atom. The molecule has 1 saturated heterocycles. The number of nitrogens with zero attached hydrogens (tertiary/aromatic N) is 2. The second-order valence-corrected chi connectivity index (χ2v) is 7.06. The summed E-state index contributed by atoms with van der Waals surface area (Å²) in [6.45, 7) is 3.45. The number of fused-ring (bicyclic) bond motifs is 1. The van der Waals surface area contributed by atoms with Gasteiger partial charge in [0.25, 0.3) is 5.69 Å². The number of alkyl halides is 3. The van der Waals surface area contributed by atoms with E-state index in [1.807, 2.05) is 18.2 Å². The van der Waals surface area contributed by atoms with Gasteiger partial charge in [-0.3, -0.25) is 10.1 Å². The van der Waals surface area contributed by atoms with Crippen molar-refractivity contribution in [2.75, 3.05) is 37.9 Å². The highest BCUT2D eigenvalue weighted by Gasteiger charge is 2.34. The third-order valence-corrected chi connectivity index (χ3v) is 5.20. The molecule has 0 bridgehead atoms. The molecule has 7 nitrogen and oxygen atoms in total. The van der Waals surface area contributed by atoms with Crippen molar-refractivity contribution in [1.82, 2.24) is 0 Å². The predicted octanol–water partition coefficient (Wildman–Crippen LogP) is 2.25. The van der Waals surface area contributed by atoms with Crippen molar-refractivity contribution in [2.24, 2.45) is 0 Å². The number of quaternary nitrogens is 1. The van der Waals surface area contributed by atoms with E-state index in [-0.39, 0.29) is 12.5 Å². The van der Waals surface area contributed by atoms with Crippen molar-refractivity contribution in [2.45, 2.75) is 12.7 Å². The smallest absolute Gasteiger partial charge is 0.416 e. The number of rotatable bonds is 4. The number of halogens is 3. The first-order valence-electron chi connectivity index (χ1n) is 9.14. The Kier molecular flexibility index (Phi) is 4.95. The standard InChI is InChI=1S/C19H18F3N3O4/c20-19(21,22)14-2-3-15(16(10-14)25(26)27)24-7-5-23(6-8-24)11-13-1-4-17-18(9-13)29-12-28-17/h1-4,9-10H,5-8,11-12H2/p+1. The van der Waals surface area contributed by atoms with Crippen LogP contribution in [0.25, 0.3) is 0 Å². The maximum Gasteiger partial charge on any atom is 0.416 e. The van der Waals surface area contributed by atoms with Crippen LogP contribution in [0.15, 0.2) is 36.4 Å². The number of piperazine rings is 1. The molecule has 0 saturated carbocycles. The summed E-state index contributed by atoms with van der Waals surface area (Å²) < 4.78 is 49.4. The average molecular weight is 410 g/mol. The van der Waals surface area contributed by atoms with E-state index in [1.54, 1.807) is 4.90 Å². The zero-order chi connectivity index (χ0) is 20.6. The normalized spacial score (nSPS) is 16.9. The molecule has 2 aromatic carbocycles. The van der Waals surface area contributed by atoms with E-state index in [1.165, 1.54) is 11.0 Å². The van der Waals surface area contributed by atoms with E-state index in [9.17, 15) is 23.3 Å². The lowest BCUT2D eigenvalue weighted by molar-refractivity contribution is -0.914. The third kappa shape index (κ3) is 4.07. The molecule has 1 N–H and O–H groups in total. The summed E-state index contributed by atoms with van der Waals surface area (Å²) in [4.78, 5) is 13.6. The molecule has 0 spiro atoms. The first kappa shape index (κ1) is 19.3. The van der Waals surface area contributed by atoms with Gasteiger partial charge < -0.3 is 19.3 Å². The van der Waals surface area contributed by atoms with Gasteiger partial charge in [0, 0.05) is 11.6 Å². The molecule has 4 rings (SSSR count). The van der Waals surface area contributed by atoms with Gasteiger partial charge in [0.05, 0.1) is 36.7 Å². The van der Waals surface area contributed by atoms with Gasteiger partial charge in [-0.05, 0) is 30.3 Å². The molecule has 29 heavy (non-hydrogen) atoms. The molecule has 2 aliphatic heterocycles. The molecule has 0 aliphatic carbocycles. The first-order chi connectivity index (χ1) is 13.8. The van der Waals surface area contributed by atoms with Gasteiger partial charge in [-0.1, -0.05) is 0 Å². The molecule has 0 unspecified atom stereocenters. The van der Waals surface area contributed by atoms with Crippen LogP contribution in [-0.4, -0.2) is 37.9 Å². The van der Waals surface area contributed by atoms with Gasteiger partial charge in [0.15, 0.2) is 11.5 Å². The molecule has 0 radical (unpaired) electrons. The summed E-state index contributed by atoms with van der Waals surface area (Å²) in [7, 11) is 0. The van der Waals surface area contributed by atoms with Crippen LogP contribution < -0.4 is 19.3 Å². The number of nitrogens with one attached hydrogen (secondary N) is 1. The Morgan fingerprint density at radius 3 is 2.48 bits per heavy atom. The van der Waals surface area contributed by atoms with Gasteiger partial charge in [0.2, 0.25) is 6.79 Å². The Labute approximate surface area is 164 Å². The maximum atomic E-state index is 12.9. The number of nitro benzene ring substituents is 1. The lowest BCUT2D eigenvalue weighted by Gasteiger charge is -2.33. The van der Waals surface area contributed by atoms with Crippen LogP contribution in [0, 0.1) is 10.1 Å². The largest absolute Gasteiger partial charge is 0.454 e. The lowest BCUT2D eigenvalue weighted by Crippen LogP contribution is -3.13. The number of ether oxygens (including phenoxy) is 2. The van der Waals surface area contributed by atoms with Crippen molar-refractivity contribution in [1.29, 1.82) is 0 Å². The summed E-state index contributed by atoms with van der Waals surface area (Å²) in [5.74, 6) is 1.45. The van der Waals surface area contributed by atoms with Gasteiger partial charge in [-0.2, -0.15) is 13.2 Å². The monoisotopic (exact) mass is 410 g/mol. The highest BCUT2D eigenvalue weighted by Crippen LogP contribution is 2.36. The van der Waals surface area contributed by atoms with Crippen molar-refractivity contribution in [3.05, 3.63) is 57.6 Å². The number of benzene rings is 2. The van der Waals surface area contributed by atoms with E-state index in [4.69, 9.17) is 9.47 Å². The third-order valence-electron chi connectivity index (χ3n) is 5.20. The molecular formula is C19H19F3N3O4+. The quantitative estimate of drug-likeness (QED) is 0.619. The number of anilines is 1. The van der Waals surface area contributed by atoms with Crippen molar-refractivity contribution in [3.63, 3.8) is 0 Å². The molecule has 2 aromatic rings. The molecule has 1 fully saturated rings. The van der Waals surface area contributed by atoms with Crippen molar-refractivity contribution < 1.29 is 32.5 Å². The van der Waals surface area contributed by atoms with E-state index < -0.39 is 22.4 Å². The topological polar surface area (TPSA) is 69.3 Å². The number of nitro groups is 1. The number of hydrogen-bond donors (Lipinski definition) is 1. The van der Waals surface area contributed by atoms with Crippen molar-refractivity contribution in [3.8, 4) is 11.5 Å². The minimum absolute atomic E-state index is 0.218. The van der Waals surface area contributed by atoms with E-state index in [2.05, 4.69) is 0 Å². The summed E-state index contributed by atoms with van der Waals surface area (Å²) in [5, 5.41) is 11.3. The second kappa shape index (κ2) is 7.43.